The zero-order valence-electron chi connectivity index (χ0n) is 6.10. The fraction of sp³-hybridized carbons (Fsp3) is 0.750. The summed E-state index contributed by atoms with van der Waals surface area (Å²) in [5.74, 6) is 2.58. The molecule has 1 nitrogen and oxygen atoms in total. The van der Waals surface area contributed by atoms with Gasteiger partial charge in [0.15, 0.2) is 0 Å². The second-order valence-electron chi connectivity index (χ2n) is 2.57. The molecule has 58 valence electrons. The Kier molecular flexibility index (Phi) is 5.48. The van der Waals surface area contributed by atoms with E-state index in [2.05, 4.69) is 11.2 Å². The molecule has 0 amide bonds. The lowest BCUT2D eigenvalue weighted by molar-refractivity contribution is 0.561. The summed E-state index contributed by atoms with van der Waals surface area (Å²) >= 11 is 0. The molecule has 0 unspecified atom stereocenters. The summed E-state index contributed by atoms with van der Waals surface area (Å²) in [7, 11) is 0. The molecule has 0 aliphatic heterocycles. The van der Waals surface area contributed by atoms with E-state index in [1.54, 1.807) is 0 Å². The average molecular weight is 160 g/mol. The van der Waals surface area contributed by atoms with E-state index in [1.807, 2.05) is 0 Å². The van der Waals surface area contributed by atoms with E-state index >= 15 is 0 Å². The molecule has 1 aliphatic rings. The highest BCUT2D eigenvalue weighted by Crippen LogP contribution is 2.16. The first-order chi connectivity index (χ1) is 4.43. The summed E-state index contributed by atoms with van der Waals surface area (Å²) < 4.78 is 0. The van der Waals surface area contributed by atoms with Crippen LogP contribution < -0.4 is 5.32 Å². The van der Waals surface area contributed by atoms with Crippen LogP contribution in [-0.4, -0.2) is 12.6 Å². The first-order valence-electron chi connectivity index (χ1n) is 3.60. The largest absolute Gasteiger partial charge is 0.303 e. The normalized spacial score (nSPS) is 17.9. The summed E-state index contributed by atoms with van der Waals surface area (Å²) in [6, 6.07) is 0.723. The second kappa shape index (κ2) is 5.58. The van der Waals surface area contributed by atoms with Crippen LogP contribution in [0.4, 0.5) is 0 Å². The van der Waals surface area contributed by atoms with Gasteiger partial charge < -0.3 is 5.32 Å². The third-order valence-electron chi connectivity index (χ3n) is 1.85. The van der Waals surface area contributed by atoms with Crippen LogP contribution >= 0.6 is 12.4 Å². The van der Waals surface area contributed by atoms with Crippen molar-refractivity contribution in [3.8, 4) is 12.3 Å². The lowest BCUT2D eigenvalue weighted by atomic mass is 10.2. The summed E-state index contributed by atoms with van der Waals surface area (Å²) in [5, 5.41) is 3.30. The Morgan fingerprint density at radius 2 is 2.00 bits per heavy atom. The van der Waals surface area contributed by atoms with Crippen molar-refractivity contribution >= 4 is 12.4 Å². The van der Waals surface area contributed by atoms with E-state index < -0.39 is 0 Å². The maximum atomic E-state index is 5.09. The van der Waals surface area contributed by atoms with Gasteiger partial charge in [0.1, 0.15) is 0 Å². The number of hydrogen-bond acceptors (Lipinski definition) is 1. The van der Waals surface area contributed by atoms with Gasteiger partial charge in [0.25, 0.3) is 0 Å². The van der Waals surface area contributed by atoms with Gasteiger partial charge in [0.2, 0.25) is 0 Å². The van der Waals surface area contributed by atoms with Crippen molar-refractivity contribution < 1.29 is 0 Å². The maximum Gasteiger partial charge on any atom is 0.0575 e. The fourth-order valence-corrected chi connectivity index (χ4v) is 1.33. The minimum absolute atomic E-state index is 0. The monoisotopic (exact) mass is 159 g/mol. The lowest BCUT2D eigenvalue weighted by Crippen LogP contribution is -2.25. The predicted octanol–water partition coefficient (Wildman–Crippen LogP) is 1.57. The van der Waals surface area contributed by atoms with Crippen molar-refractivity contribution in [3.63, 3.8) is 0 Å². The molecule has 1 saturated carbocycles. The van der Waals surface area contributed by atoms with E-state index in [0.29, 0.717) is 0 Å². The van der Waals surface area contributed by atoms with Crippen molar-refractivity contribution in [1.82, 2.24) is 5.32 Å². The van der Waals surface area contributed by atoms with Gasteiger partial charge >= 0.3 is 0 Å². The number of nitrogens with one attached hydrogen (secondary N) is 1. The minimum atomic E-state index is 0. The van der Waals surface area contributed by atoms with Gasteiger partial charge in [-0.15, -0.1) is 18.8 Å². The summed E-state index contributed by atoms with van der Waals surface area (Å²) in [4.78, 5) is 0. The zero-order valence-corrected chi connectivity index (χ0v) is 6.91. The summed E-state index contributed by atoms with van der Waals surface area (Å²) in [6.45, 7) is 0.741. The van der Waals surface area contributed by atoms with Gasteiger partial charge in [-0.3, -0.25) is 0 Å². The zero-order chi connectivity index (χ0) is 6.53. The Balaban J connectivity index is 0.000000810. The Bertz CT molecular complexity index is 111. The first kappa shape index (κ1) is 9.81. The molecule has 1 rings (SSSR count). The van der Waals surface area contributed by atoms with E-state index in [1.165, 1.54) is 25.7 Å². The quantitative estimate of drug-likeness (QED) is 0.604. The second-order valence-corrected chi connectivity index (χ2v) is 2.57. The molecule has 2 heteroatoms. The summed E-state index contributed by atoms with van der Waals surface area (Å²) in [6.07, 6.45) is 10.5. The molecule has 0 aromatic heterocycles. The Labute approximate surface area is 69.0 Å². The fourth-order valence-electron chi connectivity index (χ4n) is 1.33. The first-order valence-corrected chi connectivity index (χ1v) is 3.60. The third kappa shape index (κ3) is 3.10. The lowest BCUT2D eigenvalue weighted by Gasteiger charge is -2.06. The van der Waals surface area contributed by atoms with E-state index in [9.17, 15) is 0 Å². The number of hydrogen-bond donors (Lipinski definition) is 1. The predicted molar refractivity (Wildman–Crippen MR) is 46.3 cm³/mol. The molecule has 0 spiro atoms. The molecule has 1 aliphatic carbocycles. The molecular formula is C8H14ClN. The number of rotatable bonds is 2. The molecule has 0 heterocycles. The van der Waals surface area contributed by atoms with Crippen LogP contribution in [0.1, 0.15) is 25.7 Å². The molecule has 0 bridgehead atoms. The average Bonchev–Trinajstić information content (AvgIpc) is 2.34. The highest BCUT2D eigenvalue weighted by molar-refractivity contribution is 5.85. The standard InChI is InChI=1S/C8H13N.ClH/c1-2-7-9-8-5-3-4-6-8;/h1,8-9H,3-7H2;1H. The van der Waals surface area contributed by atoms with E-state index in [0.717, 1.165) is 12.6 Å². The molecule has 1 fully saturated rings. The molecule has 1 N–H and O–H groups in total. The van der Waals surface area contributed by atoms with Crippen LogP contribution in [0.3, 0.4) is 0 Å². The Morgan fingerprint density at radius 3 is 2.50 bits per heavy atom. The van der Waals surface area contributed by atoms with Crippen LogP contribution in [-0.2, 0) is 0 Å². The van der Waals surface area contributed by atoms with Gasteiger partial charge in [0.05, 0.1) is 6.54 Å². The molecule has 0 saturated heterocycles. The highest BCUT2D eigenvalue weighted by Gasteiger charge is 2.12. The van der Waals surface area contributed by atoms with Crippen LogP contribution in [0, 0.1) is 12.3 Å². The number of terminal acetylenes is 1. The van der Waals surface area contributed by atoms with Gasteiger partial charge in [-0.1, -0.05) is 18.8 Å². The van der Waals surface area contributed by atoms with Gasteiger partial charge in [-0.05, 0) is 12.8 Å². The van der Waals surface area contributed by atoms with Crippen molar-refractivity contribution in [3.05, 3.63) is 0 Å². The summed E-state index contributed by atoms with van der Waals surface area (Å²) in [5.41, 5.74) is 0. The van der Waals surface area contributed by atoms with E-state index in [-0.39, 0.29) is 12.4 Å². The van der Waals surface area contributed by atoms with Crippen molar-refractivity contribution in [2.24, 2.45) is 0 Å². The van der Waals surface area contributed by atoms with Crippen LogP contribution in [0.15, 0.2) is 0 Å². The molecular weight excluding hydrogens is 146 g/mol. The van der Waals surface area contributed by atoms with Crippen LogP contribution in [0.25, 0.3) is 0 Å². The van der Waals surface area contributed by atoms with Crippen molar-refractivity contribution in [1.29, 1.82) is 0 Å². The van der Waals surface area contributed by atoms with Crippen LogP contribution in [0.5, 0.6) is 0 Å². The third-order valence-corrected chi connectivity index (χ3v) is 1.85. The minimum Gasteiger partial charge on any atom is -0.303 e. The SMILES string of the molecule is C#CCNC1CCCC1.Cl. The van der Waals surface area contributed by atoms with Gasteiger partial charge in [0, 0.05) is 6.04 Å². The van der Waals surface area contributed by atoms with Gasteiger partial charge in [-0.25, -0.2) is 0 Å². The molecule has 10 heavy (non-hydrogen) atoms. The molecule has 0 atom stereocenters. The van der Waals surface area contributed by atoms with Gasteiger partial charge in [-0.2, -0.15) is 0 Å². The van der Waals surface area contributed by atoms with Crippen LogP contribution in [0.2, 0.25) is 0 Å². The van der Waals surface area contributed by atoms with Crippen molar-refractivity contribution in [2.45, 2.75) is 31.7 Å². The van der Waals surface area contributed by atoms with E-state index in [4.69, 9.17) is 6.42 Å². The Morgan fingerprint density at radius 1 is 1.40 bits per heavy atom. The topological polar surface area (TPSA) is 12.0 Å². The van der Waals surface area contributed by atoms with Crippen molar-refractivity contribution in [2.75, 3.05) is 6.54 Å². The highest BCUT2D eigenvalue weighted by atomic mass is 35.5. The molecule has 0 aromatic carbocycles. The molecule has 0 aromatic rings. The maximum absolute atomic E-state index is 5.09. The Hall–Kier alpha value is -0.190. The molecule has 0 radical (unpaired) electrons. The number of halogens is 1. The smallest absolute Gasteiger partial charge is 0.0575 e.